The summed E-state index contributed by atoms with van der Waals surface area (Å²) in [5.41, 5.74) is 4.62. The Labute approximate surface area is 122 Å². The van der Waals surface area contributed by atoms with Crippen LogP contribution in [0.15, 0.2) is 12.1 Å². The van der Waals surface area contributed by atoms with E-state index in [9.17, 15) is 10.2 Å². The van der Waals surface area contributed by atoms with Crippen molar-refractivity contribution in [1.82, 2.24) is 0 Å². The fourth-order valence-electron chi connectivity index (χ4n) is 3.94. The first kappa shape index (κ1) is 15.5. The number of aliphatic hydroxyl groups excluding tert-OH is 1. The Bertz CT molecular complexity index is 537. The summed E-state index contributed by atoms with van der Waals surface area (Å²) in [6.07, 6.45) is -0.365. The van der Waals surface area contributed by atoms with Crippen LogP contribution in [-0.2, 0) is 11.8 Å². The number of aliphatic hydroxyl groups is 2. The van der Waals surface area contributed by atoms with Gasteiger partial charge in [-0.2, -0.15) is 0 Å². The molecule has 1 aromatic carbocycles. The van der Waals surface area contributed by atoms with Gasteiger partial charge in [-0.05, 0) is 46.3 Å². The maximum atomic E-state index is 9.56. The predicted octanol–water partition coefficient (Wildman–Crippen LogP) is 3.86. The van der Waals surface area contributed by atoms with E-state index in [0.29, 0.717) is 5.56 Å². The fraction of sp³-hybridized carbons (Fsp3) is 0.667. The molecule has 0 aromatic heterocycles. The van der Waals surface area contributed by atoms with E-state index < -0.39 is 6.29 Å². The van der Waals surface area contributed by atoms with E-state index in [1.807, 2.05) is 13.0 Å². The van der Waals surface area contributed by atoms with Gasteiger partial charge in [0.15, 0.2) is 6.29 Å². The summed E-state index contributed by atoms with van der Waals surface area (Å²) in [5.74, 6) is 0. The van der Waals surface area contributed by atoms with Crippen LogP contribution in [0.3, 0.4) is 0 Å². The lowest BCUT2D eigenvalue weighted by Gasteiger charge is -2.57. The van der Waals surface area contributed by atoms with Crippen molar-refractivity contribution in [3.05, 3.63) is 34.4 Å². The minimum absolute atomic E-state index is 0.0148. The Morgan fingerprint density at radius 3 is 2.05 bits per heavy atom. The van der Waals surface area contributed by atoms with Gasteiger partial charge in [-0.1, -0.05) is 53.7 Å². The van der Waals surface area contributed by atoms with Gasteiger partial charge in [0.1, 0.15) is 0 Å². The van der Waals surface area contributed by atoms with Crippen molar-refractivity contribution >= 4 is 0 Å². The molecule has 0 amide bonds. The molecule has 2 N–H and O–H groups in total. The van der Waals surface area contributed by atoms with Crippen molar-refractivity contribution in [3.8, 4) is 0 Å². The van der Waals surface area contributed by atoms with Gasteiger partial charge in [-0.3, -0.25) is 0 Å². The van der Waals surface area contributed by atoms with Gasteiger partial charge in [0.05, 0.1) is 0 Å². The normalized spacial score (nSPS) is 22.7. The lowest BCUT2D eigenvalue weighted by molar-refractivity contribution is -0.0435. The van der Waals surface area contributed by atoms with Gasteiger partial charge >= 0.3 is 0 Å². The number of benzene rings is 1. The molecule has 0 saturated heterocycles. The summed E-state index contributed by atoms with van der Waals surface area (Å²) in [7, 11) is 0. The molecule has 0 radical (unpaired) electrons. The highest BCUT2D eigenvalue weighted by Gasteiger charge is 2.53. The van der Waals surface area contributed by atoms with Crippen LogP contribution >= 0.6 is 0 Å². The van der Waals surface area contributed by atoms with Crippen molar-refractivity contribution in [2.45, 2.75) is 66.6 Å². The van der Waals surface area contributed by atoms with Crippen LogP contribution in [0.2, 0.25) is 0 Å². The number of fused-ring (bicyclic) bond motifs is 1. The van der Waals surface area contributed by atoms with Gasteiger partial charge in [0.2, 0.25) is 0 Å². The molecular weight excluding hydrogens is 248 g/mol. The number of rotatable bonds is 1. The zero-order valence-corrected chi connectivity index (χ0v) is 13.8. The van der Waals surface area contributed by atoms with Crippen LogP contribution in [0.1, 0.15) is 70.1 Å². The monoisotopic (exact) mass is 276 g/mol. The summed E-state index contributed by atoms with van der Waals surface area (Å²) in [5, 5.41) is 19.1. The van der Waals surface area contributed by atoms with E-state index in [1.165, 1.54) is 11.1 Å². The third kappa shape index (κ3) is 1.85. The van der Waals surface area contributed by atoms with Crippen molar-refractivity contribution in [1.29, 1.82) is 0 Å². The minimum atomic E-state index is -1.39. The minimum Gasteiger partial charge on any atom is -0.364 e. The summed E-state index contributed by atoms with van der Waals surface area (Å²) in [4.78, 5) is 0. The highest BCUT2D eigenvalue weighted by atomic mass is 16.5. The zero-order valence-electron chi connectivity index (χ0n) is 13.8. The standard InChI is InChI=1S/C18H28O2/c1-11-13(15(19)20)9-8-12-10-16(2,3)18(6,7)17(4,5)14(11)12/h8-9,15,19-20H,10H2,1-7H3. The molecule has 2 heteroatoms. The molecule has 0 aliphatic heterocycles. The quantitative estimate of drug-likeness (QED) is 0.765. The van der Waals surface area contributed by atoms with Crippen LogP contribution in [0, 0.1) is 17.8 Å². The van der Waals surface area contributed by atoms with E-state index in [0.717, 1.165) is 12.0 Å². The molecule has 20 heavy (non-hydrogen) atoms. The lowest BCUT2D eigenvalue weighted by Crippen LogP contribution is -2.52. The number of hydrogen-bond donors (Lipinski definition) is 2. The van der Waals surface area contributed by atoms with Gasteiger partial charge in [-0.25, -0.2) is 0 Å². The topological polar surface area (TPSA) is 40.5 Å². The van der Waals surface area contributed by atoms with Crippen LogP contribution in [-0.4, -0.2) is 10.2 Å². The SMILES string of the molecule is Cc1c(C(O)O)ccc2c1C(C)(C)C(C)(C)C(C)(C)C2. The van der Waals surface area contributed by atoms with Gasteiger partial charge in [-0.15, -0.1) is 0 Å². The molecule has 1 aliphatic rings. The van der Waals surface area contributed by atoms with Crippen molar-refractivity contribution in [3.63, 3.8) is 0 Å². The van der Waals surface area contributed by atoms with Crippen LogP contribution in [0.5, 0.6) is 0 Å². The summed E-state index contributed by atoms with van der Waals surface area (Å²) in [6.45, 7) is 15.9. The first-order valence-corrected chi connectivity index (χ1v) is 7.42. The Morgan fingerprint density at radius 1 is 1.00 bits per heavy atom. The fourth-order valence-corrected chi connectivity index (χ4v) is 3.94. The van der Waals surface area contributed by atoms with Gasteiger partial charge < -0.3 is 10.2 Å². The molecular formula is C18H28O2. The summed E-state index contributed by atoms with van der Waals surface area (Å²) < 4.78 is 0. The summed E-state index contributed by atoms with van der Waals surface area (Å²) in [6, 6.07) is 3.94. The average molecular weight is 276 g/mol. The second-order valence-electron chi connectivity index (χ2n) is 8.00. The second-order valence-corrected chi connectivity index (χ2v) is 8.00. The van der Waals surface area contributed by atoms with Crippen LogP contribution < -0.4 is 0 Å². The molecule has 2 nitrogen and oxygen atoms in total. The molecule has 112 valence electrons. The van der Waals surface area contributed by atoms with E-state index in [2.05, 4.69) is 47.6 Å². The van der Waals surface area contributed by atoms with E-state index in [1.54, 1.807) is 0 Å². The molecule has 0 fully saturated rings. The van der Waals surface area contributed by atoms with E-state index in [-0.39, 0.29) is 16.2 Å². The maximum absolute atomic E-state index is 9.56. The smallest absolute Gasteiger partial charge is 0.178 e. The predicted molar refractivity (Wildman–Crippen MR) is 82.6 cm³/mol. The van der Waals surface area contributed by atoms with Crippen molar-refractivity contribution in [2.24, 2.45) is 10.8 Å². The molecule has 0 bridgehead atoms. The Balaban J connectivity index is 2.77. The van der Waals surface area contributed by atoms with Crippen molar-refractivity contribution in [2.75, 3.05) is 0 Å². The highest BCUT2D eigenvalue weighted by molar-refractivity contribution is 5.49. The van der Waals surface area contributed by atoms with Gasteiger partial charge in [0.25, 0.3) is 0 Å². The highest BCUT2D eigenvalue weighted by Crippen LogP contribution is 2.59. The molecule has 0 saturated carbocycles. The Hall–Kier alpha value is -0.860. The third-order valence-corrected chi connectivity index (χ3v) is 6.38. The molecule has 1 aliphatic carbocycles. The summed E-state index contributed by atoms with van der Waals surface area (Å²) >= 11 is 0. The zero-order chi connectivity index (χ0) is 15.5. The largest absolute Gasteiger partial charge is 0.364 e. The van der Waals surface area contributed by atoms with E-state index >= 15 is 0 Å². The van der Waals surface area contributed by atoms with Crippen molar-refractivity contribution < 1.29 is 10.2 Å². The third-order valence-electron chi connectivity index (χ3n) is 6.38. The molecule has 0 atom stereocenters. The molecule has 0 spiro atoms. The maximum Gasteiger partial charge on any atom is 0.178 e. The first-order chi connectivity index (χ1) is 8.93. The second kappa shape index (κ2) is 4.32. The molecule has 0 unspecified atom stereocenters. The lowest BCUT2D eigenvalue weighted by atomic mass is 9.47. The Morgan fingerprint density at radius 2 is 1.55 bits per heavy atom. The van der Waals surface area contributed by atoms with Gasteiger partial charge in [0, 0.05) is 5.56 Å². The molecule has 1 aromatic rings. The van der Waals surface area contributed by atoms with Crippen LogP contribution in [0.25, 0.3) is 0 Å². The van der Waals surface area contributed by atoms with E-state index in [4.69, 9.17) is 0 Å². The first-order valence-electron chi connectivity index (χ1n) is 7.42. The van der Waals surface area contributed by atoms with Crippen LogP contribution in [0.4, 0.5) is 0 Å². The number of hydrogen-bond acceptors (Lipinski definition) is 2. The molecule has 0 heterocycles. The average Bonchev–Trinajstić information content (AvgIpc) is 2.25. The molecule has 2 rings (SSSR count). The Kier molecular flexibility index (Phi) is 3.35.